The number of aromatic nitrogens is 2. The second kappa shape index (κ2) is 6.42. The summed E-state index contributed by atoms with van der Waals surface area (Å²) in [6, 6.07) is 16.3. The van der Waals surface area contributed by atoms with Crippen molar-refractivity contribution in [2.24, 2.45) is 5.73 Å². The smallest absolute Gasteiger partial charge is 0.244 e. The zero-order valence-corrected chi connectivity index (χ0v) is 14.4. The van der Waals surface area contributed by atoms with Crippen molar-refractivity contribution >= 4 is 0 Å². The van der Waals surface area contributed by atoms with Gasteiger partial charge in [0.05, 0.1) is 24.3 Å². The molecule has 1 unspecified atom stereocenters. The molecule has 0 spiro atoms. The van der Waals surface area contributed by atoms with Crippen LogP contribution in [-0.4, -0.2) is 22.4 Å². The van der Waals surface area contributed by atoms with Gasteiger partial charge >= 0.3 is 0 Å². The molecule has 0 radical (unpaired) electrons. The van der Waals surface area contributed by atoms with E-state index in [9.17, 15) is 10.4 Å². The molecule has 3 aromatic rings. The van der Waals surface area contributed by atoms with Crippen molar-refractivity contribution in [1.82, 2.24) is 10.2 Å². The standard InChI is InChI=1S/C20H16N4O3/c1-26-14-8-4-12(5-9-14)18-17-16(11-2-6-13(25)7-3-11)15(10-21)19(22)27-20(17)24-23-18/h2-9,16,25H,22H2,1H3,(H,23,24). The zero-order valence-electron chi connectivity index (χ0n) is 14.4. The number of methoxy groups -OCH3 is 1. The second-order valence-electron chi connectivity index (χ2n) is 6.06. The SMILES string of the molecule is COc1ccc(-c2[nH]nc3c2C(c2ccc(O)cc2)C(C#N)=C(N)O3)cc1. The Morgan fingerprint density at radius 1 is 1.19 bits per heavy atom. The summed E-state index contributed by atoms with van der Waals surface area (Å²) >= 11 is 0. The first-order valence-electron chi connectivity index (χ1n) is 8.21. The van der Waals surface area contributed by atoms with Crippen LogP contribution in [0.4, 0.5) is 0 Å². The van der Waals surface area contributed by atoms with Gasteiger partial charge in [-0.2, -0.15) is 5.26 Å². The summed E-state index contributed by atoms with van der Waals surface area (Å²) in [5.74, 6) is 0.769. The van der Waals surface area contributed by atoms with Gasteiger partial charge in [-0.25, -0.2) is 0 Å². The van der Waals surface area contributed by atoms with E-state index >= 15 is 0 Å². The van der Waals surface area contributed by atoms with Crippen molar-refractivity contribution in [3.63, 3.8) is 0 Å². The maximum absolute atomic E-state index is 9.68. The molecule has 0 saturated heterocycles. The van der Waals surface area contributed by atoms with Crippen LogP contribution in [-0.2, 0) is 0 Å². The maximum Gasteiger partial charge on any atom is 0.244 e. The van der Waals surface area contributed by atoms with E-state index in [2.05, 4.69) is 16.3 Å². The third kappa shape index (κ3) is 2.73. The van der Waals surface area contributed by atoms with Crippen molar-refractivity contribution in [2.75, 3.05) is 7.11 Å². The summed E-state index contributed by atoms with van der Waals surface area (Å²) in [6.45, 7) is 0. The van der Waals surface area contributed by atoms with Crippen LogP contribution in [0.2, 0.25) is 0 Å². The number of allylic oxidation sites excluding steroid dienone is 1. The van der Waals surface area contributed by atoms with E-state index in [1.54, 1.807) is 31.4 Å². The summed E-state index contributed by atoms with van der Waals surface area (Å²) in [5.41, 5.74) is 9.37. The van der Waals surface area contributed by atoms with Crippen LogP contribution in [0.1, 0.15) is 17.0 Å². The number of nitrogens with two attached hydrogens (primary N) is 1. The Labute approximate surface area is 155 Å². The minimum atomic E-state index is -0.463. The lowest BCUT2D eigenvalue weighted by Crippen LogP contribution is -2.20. The highest BCUT2D eigenvalue weighted by molar-refractivity contribution is 5.71. The van der Waals surface area contributed by atoms with Gasteiger partial charge in [0.1, 0.15) is 23.1 Å². The maximum atomic E-state index is 9.68. The molecule has 27 heavy (non-hydrogen) atoms. The zero-order chi connectivity index (χ0) is 19.0. The number of hydrogen-bond donors (Lipinski definition) is 3. The predicted molar refractivity (Wildman–Crippen MR) is 98.0 cm³/mol. The molecule has 1 aromatic heterocycles. The van der Waals surface area contributed by atoms with Crippen molar-refractivity contribution in [3.05, 3.63) is 71.1 Å². The summed E-state index contributed by atoms with van der Waals surface area (Å²) in [6.07, 6.45) is 0. The van der Waals surface area contributed by atoms with E-state index in [1.807, 2.05) is 24.3 Å². The summed E-state index contributed by atoms with van der Waals surface area (Å²) in [4.78, 5) is 0. The number of fused-ring (bicyclic) bond motifs is 1. The normalized spacial score (nSPS) is 15.6. The van der Waals surface area contributed by atoms with Gasteiger partial charge in [-0.15, -0.1) is 5.10 Å². The molecule has 0 bridgehead atoms. The van der Waals surface area contributed by atoms with Crippen LogP contribution in [0, 0.1) is 11.3 Å². The Morgan fingerprint density at radius 2 is 1.89 bits per heavy atom. The molecular weight excluding hydrogens is 344 g/mol. The lowest BCUT2D eigenvalue weighted by molar-refractivity contribution is 0.379. The van der Waals surface area contributed by atoms with E-state index in [0.29, 0.717) is 11.5 Å². The van der Waals surface area contributed by atoms with Crippen molar-refractivity contribution in [1.29, 1.82) is 5.26 Å². The molecule has 7 heteroatoms. The number of nitrogens with zero attached hydrogens (tertiary/aromatic N) is 2. The number of H-pyrrole nitrogens is 1. The van der Waals surface area contributed by atoms with E-state index < -0.39 is 5.92 Å². The summed E-state index contributed by atoms with van der Waals surface area (Å²) < 4.78 is 10.8. The van der Waals surface area contributed by atoms with Gasteiger partial charge in [-0.3, -0.25) is 5.10 Å². The first-order valence-corrected chi connectivity index (χ1v) is 8.21. The fourth-order valence-electron chi connectivity index (χ4n) is 3.22. The molecule has 1 aliphatic rings. The van der Waals surface area contributed by atoms with Crippen LogP contribution in [0.25, 0.3) is 11.3 Å². The molecule has 0 aliphatic carbocycles. The predicted octanol–water partition coefficient (Wildman–Crippen LogP) is 3.01. The van der Waals surface area contributed by atoms with Gasteiger partial charge < -0.3 is 20.3 Å². The number of ether oxygens (including phenoxy) is 2. The lowest BCUT2D eigenvalue weighted by atomic mass is 9.83. The first-order chi connectivity index (χ1) is 13.1. The Hall–Kier alpha value is -3.92. The molecule has 2 aromatic carbocycles. The highest BCUT2D eigenvalue weighted by Crippen LogP contribution is 2.45. The number of aromatic amines is 1. The Kier molecular flexibility index (Phi) is 3.94. The van der Waals surface area contributed by atoms with Gasteiger partial charge in [-0.05, 0) is 42.0 Å². The third-order valence-electron chi connectivity index (χ3n) is 4.54. The van der Waals surface area contributed by atoms with E-state index in [4.69, 9.17) is 15.2 Å². The molecule has 0 saturated carbocycles. The van der Waals surface area contributed by atoms with E-state index in [-0.39, 0.29) is 11.6 Å². The molecule has 1 aliphatic heterocycles. The molecule has 1 atom stereocenters. The molecule has 7 nitrogen and oxygen atoms in total. The molecule has 134 valence electrons. The summed E-state index contributed by atoms with van der Waals surface area (Å²) in [7, 11) is 1.61. The number of aromatic hydroxyl groups is 1. The average Bonchev–Trinajstić information content (AvgIpc) is 3.11. The Bertz CT molecular complexity index is 1060. The number of rotatable bonds is 3. The number of benzene rings is 2. The molecule has 0 fully saturated rings. The fourth-order valence-corrected chi connectivity index (χ4v) is 3.22. The number of nitriles is 1. The van der Waals surface area contributed by atoms with Crippen LogP contribution in [0.3, 0.4) is 0 Å². The van der Waals surface area contributed by atoms with Crippen molar-refractivity contribution in [2.45, 2.75) is 5.92 Å². The van der Waals surface area contributed by atoms with Gasteiger partial charge in [-0.1, -0.05) is 12.1 Å². The van der Waals surface area contributed by atoms with Gasteiger partial charge in [0.2, 0.25) is 11.8 Å². The van der Waals surface area contributed by atoms with Crippen molar-refractivity contribution < 1.29 is 14.6 Å². The van der Waals surface area contributed by atoms with E-state index in [0.717, 1.165) is 28.1 Å². The highest BCUT2D eigenvalue weighted by Gasteiger charge is 2.35. The molecule has 2 heterocycles. The number of phenols is 1. The molecule has 0 amide bonds. The Morgan fingerprint density at radius 3 is 2.52 bits per heavy atom. The van der Waals surface area contributed by atoms with Gasteiger partial charge in [0, 0.05) is 5.56 Å². The molecular formula is C20H16N4O3. The van der Waals surface area contributed by atoms with Crippen LogP contribution >= 0.6 is 0 Å². The number of phenolic OH excluding ortho intramolecular Hbond substituents is 1. The Balaban J connectivity index is 1.90. The van der Waals surface area contributed by atoms with Gasteiger partial charge in [0.15, 0.2) is 0 Å². The average molecular weight is 360 g/mol. The molecule has 4 N–H and O–H groups in total. The van der Waals surface area contributed by atoms with Crippen LogP contribution in [0.15, 0.2) is 60.0 Å². The minimum absolute atomic E-state index is 0.0239. The third-order valence-corrected chi connectivity index (χ3v) is 4.54. The number of hydrogen-bond acceptors (Lipinski definition) is 6. The lowest BCUT2D eigenvalue weighted by Gasteiger charge is -2.24. The van der Waals surface area contributed by atoms with Crippen molar-refractivity contribution in [3.8, 4) is 34.7 Å². The first kappa shape index (κ1) is 16.5. The van der Waals surface area contributed by atoms with Gasteiger partial charge in [0.25, 0.3) is 0 Å². The number of nitrogens with one attached hydrogen (secondary N) is 1. The van der Waals surface area contributed by atoms with Crippen LogP contribution < -0.4 is 15.2 Å². The quantitative estimate of drug-likeness (QED) is 0.661. The topological polar surface area (TPSA) is 117 Å². The largest absolute Gasteiger partial charge is 0.508 e. The van der Waals surface area contributed by atoms with E-state index in [1.165, 1.54) is 0 Å². The fraction of sp³-hybridized carbons (Fsp3) is 0.100. The minimum Gasteiger partial charge on any atom is -0.508 e. The van der Waals surface area contributed by atoms with Crippen LogP contribution in [0.5, 0.6) is 17.4 Å². The molecule has 4 rings (SSSR count). The monoisotopic (exact) mass is 360 g/mol. The highest BCUT2D eigenvalue weighted by atomic mass is 16.5. The second-order valence-corrected chi connectivity index (χ2v) is 6.06. The summed E-state index contributed by atoms with van der Waals surface area (Å²) in [5, 5.41) is 26.5.